The molecule has 0 N–H and O–H groups in total. The maximum absolute atomic E-state index is 2.67. The summed E-state index contributed by atoms with van der Waals surface area (Å²) in [5, 5.41) is 0. The van der Waals surface area contributed by atoms with Gasteiger partial charge >= 0.3 is 0 Å². The van der Waals surface area contributed by atoms with E-state index in [1.807, 2.05) is 0 Å². The van der Waals surface area contributed by atoms with Gasteiger partial charge < -0.3 is 4.90 Å². The van der Waals surface area contributed by atoms with E-state index in [2.05, 4.69) is 35.8 Å². The number of rotatable bonds is 3. The lowest BCUT2D eigenvalue weighted by Crippen LogP contribution is -2.49. The molecule has 1 unspecified atom stereocenters. The summed E-state index contributed by atoms with van der Waals surface area (Å²) < 4.78 is 0. The van der Waals surface area contributed by atoms with Crippen molar-refractivity contribution in [2.24, 2.45) is 5.92 Å². The van der Waals surface area contributed by atoms with E-state index in [-0.39, 0.29) is 0 Å². The number of allylic oxidation sites excluding steroid dienone is 2. The molecule has 2 nitrogen and oxygen atoms in total. The zero-order valence-corrected chi connectivity index (χ0v) is 10.9. The van der Waals surface area contributed by atoms with Gasteiger partial charge in [-0.25, -0.2) is 0 Å². The van der Waals surface area contributed by atoms with Crippen LogP contribution in [0.4, 0.5) is 0 Å². The first-order valence-corrected chi connectivity index (χ1v) is 6.87. The van der Waals surface area contributed by atoms with Gasteiger partial charge in [-0.1, -0.05) is 12.2 Å². The Kier molecular flexibility index (Phi) is 4.42. The summed E-state index contributed by atoms with van der Waals surface area (Å²) in [6.07, 6.45) is 8.73. The Morgan fingerprint density at radius 1 is 1.12 bits per heavy atom. The summed E-state index contributed by atoms with van der Waals surface area (Å²) in [4.78, 5) is 5.26. The van der Waals surface area contributed by atoms with Crippen LogP contribution in [-0.2, 0) is 0 Å². The predicted molar refractivity (Wildman–Crippen MR) is 69.6 cm³/mol. The SMILES string of the molecule is CC(C)N1CCN(CC2CC=CCC2)CC1. The van der Waals surface area contributed by atoms with Crippen molar-refractivity contribution < 1.29 is 0 Å². The fourth-order valence-electron chi connectivity index (χ4n) is 2.85. The largest absolute Gasteiger partial charge is 0.301 e. The minimum absolute atomic E-state index is 0.722. The molecule has 92 valence electrons. The number of nitrogens with zero attached hydrogens (tertiary/aromatic N) is 2. The van der Waals surface area contributed by atoms with Crippen LogP contribution >= 0.6 is 0 Å². The number of hydrogen-bond donors (Lipinski definition) is 0. The summed E-state index contributed by atoms with van der Waals surface area (Å²) in [6, 6.07) is 0.722. The Bertz CT molecular complexity index is 227. The van der Waals surface area contributed by atoms with Crippen LogP contribution in [0.3, 0.4) is 0 Å². The van der Waals surface area contributed by atoms with Crippen LogP contribution in [-0.4, -0.2) is 48.6 Å². The van der Waals surface area contributed by atoms with Gasteiger partial charge in [-0.05, 0) is 39.0 Å². The van der Waals surface area contributed by atoms with Crippen LogP contribution in [0.25, 0.3) is 0 Å². The summed E-state index contributed by atoms with van der Waals surface area (Å²) in [5.74, 6) is 0.926. The Hall–Kier alpha value is -0.340. The molecule has 16 heavy (non-hydrogen) atoms. The highest BCUT2D eigenvalue weighted by Gasteiger charge is 2.21. The topological polar surface area (TPSA) is 6.48 Å². The van der Waals surface area contributed by atoms with Crippen molar-refractivity contribution in [3.63, 3.8) is 0 Å². The monoisotopic (exact) mass is 222 g/mol. The third-order valence-electron chi connectivity index (χ3n) is 4.03. The smallest absolute Gasteiger partial charge is 0.0113 e. The van der Waals surface area contributed by atoms with Crippen LogP contribution in [0.1, 0.15) is 33.1 Å². The Morgan fingerprint density at radius 3 is 2.44 bits per heavy atom. The Morgan fingerprint density at radius 2 is 1.88 bits per heavy atom. The first kappa shape index (κ1) is 12.1. The van der Waals surface area contributed by atoms with E-state index in [9.17, 15) is 0 Å². The van der Waals surface area contributed by atoms with Crippen molar-refractivity contribution in [3.05, 3.63) is 12.2 Å². The van der Waals surface area contributed by atoms with Crippen molar-refractivity contribution in [2.75, 3.05) is 32.7 Å². The second-order valence-corrected chi connectivity index (χ2v) is 5.58. The van der Waals surface area contributed by atoms with Crippen LogP contribution in [0.15, 0.2) is 12.2 Å². The van der Waals surface area contributed by atoms with E-state index in [1.54, 1.807) is 0 Å². The second-order valence-electron chi connectivity index (χ2n) is 5.58. The highest BCUT2D eigenvalue weighted by atomic mass is 15.3. The molecule has 1 atom stereocenters. The standard InChI is InChI=1S/C14H26N2/c1-13(2)16-10-8-15(9-11-16)12-14-6-4-3-5-7-14/h3-4,13-14H,5-12H2,1-2H3. The van der Waals surface area contributed by atoms with Gasteiger partial charge in [0.1, 0.15) is 0 Å². The van der Waals surface area contributed by atoms with Gasteiger partial charge in [0.05, 0.1) is 0 Å². The average Bonchev–Trinajstić information content (AvgIpc) is 2.31. The molecule has 0 amide bonds. The molecule has 1 saturated heterocycles. The molecule has 0 aromatic heterocycles. The molecular weight excluding hydrogens is 196 g/mol. The van der Waals surface area contributed by atoms with E-state index in [1.165, 1.54) is 52.0 Å². The van der Waals surface area contributed by atoms with Crippen molar-refractivity contribution in [2.45, 2.75) is 39.2 Å². The van der Waals surface area contributed by atoms with Crippen molar-refractivity contribution >= 4 is 0 Å². The second kappa shape index (κ2) is 5.83. The number of piperazine rings is 1. The molecule has 2 heteroatoms. The molecule has 1 fully saturated rings. The van der Waals surface area contributed by atoms with Gasteiger partial charge in [-0.15, -0.1) is 0 Å². The lowest BCUT2D eigenvalue weighted by atomic mass is 9.94. The van der Waals surface area contributed by atoms with Gasteiger partial charge in [-0.2, -0.15) is 0 Å². The van der Waals surface area contributed by atoms with Crippen LogP contribution in [0.2, 0.25) is 0 Å². The van der Waals surface area contributed by atoms with Crippen LogP contribution in [0, 0.1) is 5.92 Å². The average molecular weight is 222 g/mol. The van der Waals surface area contributed by atoms with Gasteiger partial charge in [0.15, 0.2) is 0 Å². The van der Waals surface area contributed by atoms with Crippen LogP contribution < -0.4 is 0 Å². The molecule has 2 aliphatic rings. The molecule has 0 bridgehead atoms. The maximum Gasteiger partial charge on any atom is 0.0113 e. The highest BCUT2D eigenvalue weighted by Crippen LogP contribution is 2.20. The number of hydrogen-bond acceptors (Lipinski definition) is 2. The molecule has 0 aromatic carbocycles. The van der Waals surface area contributed by atoms with E-state index >= 15 is 0 Å². The molecule has 0 aromatic rings. The molecule has 0 spiro atoms. The summed E-state index contributed by atoms with van der Waals surface area (Å²) in [6.45, 7) is 11.0. The fourth-order valence-corrected chi connectivity index (χ4v) is 2.85. The van der Waals surface area contributed by atoms with Crippen LogP contribution in [0.5, 0.6) is 0 Å². The zero-order chi connectivity index (χ0) is 11.4. The van der Waals surface area contributed by atoms with Crippen molar-refractivity contribution in [1.82, 2.24) is 9.80 Å². The molecule has 0 radical (unpaired) electrons. The minimum Gasteiger partial charge on any atom is -0.301 e. The van der Waals surface area contributed by atoms with E-state index < -0.39 is 0 Å². The van der Waals surface area contributed by atoms with E-state index in [0.29, 0.717) is 0 Å². The molecule has 1 aliphatic heterocycles. The fraction of sp³-hybridized carbons (Fsp3) is 0.857. The van der Waals surface area contributed by atoms with E-state index in [0.717, 1.165) is 12.0 Å². The Balaban J connectivity index is 1.70. The molecule has 1 aliphatic carbocycles. The van der Waals surface area contributed by atoms with Gasteiger partial charge in [0.2, 0.25) is 0 Å². The maximum atomic E-state index is 2.67. The lowest BCUT2D eigenvalue weighted by molar-refractivity contribution is 0.0954. The van der Waals surface area contributed by atoms with Crippen molar-refractivity contribution in [1.29, 1.82) is 0 Å². The molecule has 1 heterocycles. The third kappa shape index (κ3) is 3.33. The predicted octanol–water partition coefficient (Wildman–Crippen LogP) is 2.37. The third-order valence-corrected chi connectivity index (χ3v) is 4.03. The molecule has 2 rings (SSSR count). The van der Waals surface area contributed by atoms with Gasteiger partial charge in [0, 0.05) is 38.8 Å². The summed E-state index contributed by atoms with van der Waals surface area (Å²) in [7, 11) is 0. The van der Waals surface area contributed by atoms with E-state index in [4.69, 9.17) is 0 Å². The highest BCUT2D eigenvalue weighted by molar-refractivity contribution is 4.91. The van der Waals surface area contributed by atoms with Gasteiger partial charge in [0.25, 0.3) is 0 Å². The summed E-state index contributed by atoms with van der Waals surface area (Å²) in [5.41, 5.74) is 0. The van der Waals surface area contributed by atoms with Gasteiger partial charge in [-0.3, -0.25) is 4.90 Å². The summed E-state index contributed by atoms with van der Waals surface area (Å²) >= 11 is 0. The normalized spacial score (nSPS) is 28.8. The molecular formula is C14H26N2. The first-order valence-electron chi connectivity index (χ1n) is 6.87. The zero-order valence-electron chi connectivity index (χ0n) is 10.9. The first-order chi connectivity index (χ1) is 7.75. The lowest BCUT2D eigenvalue weighted by Gasteiger charge is -2.38. The minimum atomic E-state index is 0.722. The van der Waals surface area contributed by atoms with Crippen molar-refractivity contribution in [3.8, 4) is 0 Å². The Labute approximate surface area is 100 Å². The quantitative estimate of drug-likeness (QED) is 0.676. The molecule has 0 saturated carbocycles.